The lowest BCUT2D eigenvalue weighted by atomic mass is 10.1. The SMILES string of the molecule is Cc1ccc(S(=O)(=O)N/N=C\CCCc2ccccc2)cc1. The molecular formula is C17H20N2O2S. The van der Waals surface area contributed by atoms with Gasteiger partial charge in [0, 0.05) is 6.21 Å². The molecule has 0 aliphatic heterocycles. The molecule has 2 aromatic rings. The van der Waals surface area contributed by atoms with Crippen LogP contribution < -0.4 is 4.83 Å². The van der Waals surface area contributed by atoms with Crippen molar-refractivity contribution in [3.05, 3.63) is 65.7 Å². The van der Waals surface area contributed by atoms with Gasteiger partial charge in [0.15, 0.2) is 0 Å². The van der Waals surface area contributed by atoms with Crippen molar-refractivity contribution in [2.75, 3.05) is 0 Å². The molecule has 0 heterocycles. The predicted octanol–water partition coefficient (Wildman–Crippen LogP) is 3.28. The molecule has 116 valence electrons. The molecule has 0 aromatic heterocycles. The Morgan fingerprint density at radius 2 is 1.73 bits per heavy atom. The zero-order chi connectivity index (χ0) is 15.8. The standard InChI is InChI=1S/C17H20N2O2S/c1-15-10-12-17(13-11-15)22(20,21)19-18-14-6-5-9-16-7-3-2-4-8-16/h2-4,7-8,10-14,19H,5-6,9H2,1H3/b18-14-. The second kappa shape index (κ2) is 7.75. The lowest BCUT2D eigenvalue weighted by molar-refractivity contribution is 0.584. The van der Waals surface area contributed by atoms with E-state index in [4.69, 9.17) is 0 Å². The van der Waals surface area contributed by atoms with Crippen molar-refractivity contribution in [1.82, 2.24) is 4.83 Å². The molecule has 0 aliphatic carbocycles. The maximum Gasteiger partial charge on any atom is 0.276 e. The Hall–Kier alpha value is -2.14. The summed E-state index contributed by atoms with van der Waals surface area (Å²) in [7, 11) is -3.56. The molecule has 2 aromatic carbocycles. The normalized spacial score (nSPS) is 11.7. The van der Waals surface area contributed by atoms with E-state index in [1.807, 2.05) is 25.1 Å². The van der Waals surface area contributed by atoms with Gasteiger partial charge in [-0.05, 0) is 43.9 Å². The molecule has 0 spiro atoms. The third kappa shape index (κ3) is 5.00. The number of hydrogen-bond acceptors (Lipinski definition) is 3. The van der Waals surface area contributed by atoms with Crippen molar-refractivity contribution in [1.29, 1.82) is 0 Å². The first-order chi connectivity index (χ1) is 10.6. The fraction of sp³-hybridized carbons (Fsp3) is 0.235. The van der Waals surface area contributed by atoms with E-state index in [-0.39, 0.29) is 4.90 Å². The van der Waals surface area contributed by atoms with Crippen molar-refractivity contribution in [2.45, 2.75) is 31.1 Å². The number of benzene rings is 2. The minimum atomic E-state index is -3.56. The molecule has 0 amide bonds. The van der Waals surface area contributed by atoms with Gasteiger partial charge in [-0.2, -0.15) is 13.5 Å². The lowest BCUT2D eigenvalue weighted by Gasteiger charge is -2.03. The summed E-state index contributed by atoms with van der Waals surface area (Å²) in [4.78, 5) is 2.46. The predicted molar refractivity (Wildman–Crippen MR) is 89.4 cm³/mol. The third-order valence-corrected chi connectivity index (χ3v) is 4.48. The number of aryl methyl sites for hydroxylation is 2. The third-order valence-electron chi connectivity index (χ3n) is 3.24. The Morgan fingerprint density at radius 3 is 2.41 bits per heavy atom. The molecule has 4 nitrogen and oxygen atoms in total. The maximum atomic E-state index is 12.0. The van der Waals surface area contributed by atoms with Gasteiger partial charge in [-0.15, -0.1) is 0 Å². The van der Waals surface area contributed by atoms with E-state index in [1.54, 1.807) is 30.5 Å². The molecule has 0 saturated carbocycles. The quantitative estimate of drug-likeness (QED) is 0.484. The van der Waals surface area contributed by atoms with Crippen LogP contribution in [-0.2, 0) is 16.4 Å². The van der Waals surface area contributed by atoms with Crippen LogP contribution in [0.15, 0.2) is 64.6 Å². The topological polar surface area (TPSA) is 58.5 Å². The molecule has 0 radical (unpaired) electrons. The Morgan fingerprint density at radius 1 is 1.05 bits per heavy atom. The molecule has 22 heavy (non-hydrogen) atoms. The molecule has 0 saturated heterocycles. The number of sulfonamides is 1. The number of hydrogen-bond donors (Lipinski definition) is 1. The van der Waals surface area contributed by atoms with Crippen molar-refractivity contribution in [3.8, 4) is 0 Å². The molecule has 1 N–H and O–H groups in total. The number of unbranched alkanes of at least 4 members (excludes halogenated alkanes) is 1. The Balaban J connectivity index is 1.78. The summed E-state index contributed by atoms with van der Waals surface area (Å²) in [6, 6.07) is 16.8. The van der Waals surface area contributed by atoms with Crippen LogP contribution in [0.2, 0.25) is 0 Å². The molecule has 2 rings (SSSR count). The van der Waals surface area contributed by atoms with E-state index in [0.717, 1.165) is 24.8 Å². The highest BCUT2D eigenvalue weighted by molar-refractivity contribution is 7.89. The van der Waals surface area contributed by atoms with Crippen molar-refractivity contribution >= 4 is 16.2 Å². The number of nitrogens with one attached hydrogen (secondary N) is 1. The highest BCUT2D eigenvalue weighted by Crippen LogP contribution is 2.09. The van der Waals surface area contributed by atoms with Crippen LogP contribution in [-0.4, -0.2) is 14.6 Å². The van der Waals surface area contributed by atoms with Gasteiger partial charge < -0.3 is 0 Å². The monoisotopic (exact) mass is 316 g/mol. The van der Waals surface area contributed by atoms with Crippen molar-refractivity contribution < 1.29 is 8.42 Å². The highest BCUT2D eigenvalue weighted by Gasteiger charge is 2.11. The Labute approximate surface area is 131 Å². The first kappa shape index (κ1) is 16.2. The van der Waals surface area contributed by atoms with Crippen LogP contribution >= 0.6 is 0 Å². The number of hydrazone groups is 1. The Kier molecular flexibility index (Phi) is 5.72. The van der Waals surface area contributed by atoms with Gasteiger partial charge >= 0.3 is 0 Å². The minimum absolute atomic E-state index is 0.222. The highest BCUT2D eigenvalue weighted by atomic mass is 32.2. The van der Waals surface area contributed by atoms with E-state index in [1.165, 1.54) is 5.56 Å². The van der Waals surface area contributed by atoms with E-state index < -0.39 is 10.0 Å². The summed E-state index contributed by atoms with van der Waals surface area (Å²) in [5.74, 6) is 0. The van der Waals surface area contributed by atoms with Gasteiger partial charge in [0.05, 0.1) is 4.90 Å². The lowest BCUT2D eigenvalue weighted by Crippen LogP contribution is -2.18. The van der Waals surface area contributed by atoms with Gasteiger partial charge in [0.25, 0.3) is 10.0 Å². The van der Waals surface area contributed by atoms with Crippen molar-refractivity contribution in [2.24, 2.45) is 5.10 Å². The van der Waals surface area contributed by atoms with Gasteiger partial charge in [-0.1, -0.05) is 48.0 Å². The first-order valence-corrected chi connectivity index (χ1v) is 8.70. The first-order valence-electron chi connectivity index (χ1n) is 7.22. The zero-order valence-electron chi connectivity index (χ0n) is 12.6. The van der Waals surface area contributed by atoms with E-state index in [9.17, 15) is 8.42 Å². The van der Waals surface area contributed by atoms with Crippen LogP contribution in [0.4, 0.5) is 0 Å². The maximum absolute atomic E-state index is 12.0. The summed E-state index contributed by atoms with van der Waals surface area (Å²) in [5, 5.41) is 3.81. The molecule has 0 unspecified atom stereocenters. The fourth-order valence-corrected chi connectivity index (χ4v) is 2.80. The second-order valence-electron chi connectivity index (χ2n) is 5.10. The van der Waals surface area contributed by atoms with E-state index in [0.29, 0.717) is 0 Å². The summed E-state index contributed by atoms with van der Waals surface area (Å²) >= 11 is 0. The summed E-state index contributed by atoms with van der Waals surface area (Å²) in [6.45, 7) is 1.91. The molecule has 0 aliphatic rings. The smallest absolute Gasteiger partial charge is 0.200 e. The average molecular weight is 316 g/mol. The number of nitrogens with zero attached hydrogens (tertiary/aromatic N) is 1. The minimum Gasteiger partial charge on any atom is -0.200 e. The van der Waals surface area contributed by atoms with Crippen LogP contribution in [0, 0.1) is 6.92 Å². The van der Waals surface area contributed by atoms with Crippen LogP contribution in [0.1, 0.15) is 24.0 Å². The van der Waals surface area contributed by atoms with Crippen LogP contribution in [0.3, 0.4) is 0 Å². The van der Waals surface area contributed by atoms with E-state index in [2.05, 4.69) is 22.1 Å². The fourth-order valence-electron chi connectivity index (χ4n) is 1.98. The van der Waals surface area contributed by atoms with Gasteiger partial charge in [0.2, 0.25) is 0 Å². The number of rotatable bonds is 7. The van der Waals surface area contributed by atoms with Gasteiger partial charge in [0.1, 0.15) is 0 Å². The molecule has 0 fully saturated rings. The largest absolute Gasteiger partial charge is 0.276 e. The molecule has 5 heteroatoms. The Bertz CT molecular complexity index is 708. The van der Waals surface area contributed by atoms with E-state index >= 15 is 0 Å². The average Bonchev–Trinajstić information content (AvgIpc) is 2.52. The molecule has 0 bridgehead atoms. The molecule has 0 atom stereocenters. The zero-order valence-corrected chi connectivity index (χ0v) is 13.4. The van der Waals surface area contributed by atoms with Crippen LogP contribution in [0.5, 0.6) is 0 Å². The van der Waals surface area contributed by atoms with Gasteiger partial charge in [-0.3, -0.25) is 0 Å². The second-order valence-corrected chi connectivity index (χ2v) is 6.76. The summed E-state index contributed by atoms with van der Waals surface area (Å²) in [6.07, 6.45) is 4.22. The van der Waals surface area contributed by atoms with Crippen molar-refractivity contribution in [3.63, 3.8) is 0 Å². The molecular weight excluding hydrogens is 296 g/mol. The summed E-state index contributed by atoms with van der Waals surface area (Å²) in [5.41, 5.74) is 2.29. The van der Waals surface area contributed by atoms with Gasteiger partial charge in [-0.25, -0.2) is 4.83 Å². The van der Waals surface area contributed by atoms with Crippen LogP contribution in [0.25, 0.3) is 0 Å². The summed E-state index contributed by atoms with van der Waals surface area (Å²) < 4.78 is 23.9.